The number of hydrogen-bond donors (Lipinski definition) is 1. The molecule has 7 nitrogen and oxygen atoms in total. The molecule has 0 aromatic heterocycles. The topological polar surface area (TPSA) is 99.1 Å². The second-order valence-electron chi connectivity index (χ2n) is 13.3. The van der Waals surface area contributed by atoms with Crippen molar-refractivity contribution in [2.24, 2.45) is 0 Å². The zero-order valence-corrected chi connectivity index (χ0v) is 32.0. The Kier molecular flexibility index (Phi) is 14.4. The molecule has 0 spiro atoms. The van der Waals surface area contributed by atoms with Crippen LogP contribution >= 0.6 is 0 Å². The predicted octanol–water partition coefficient (Wildman–Crippen LogP) is 9.28. The average molecular weight is 737 g/mol. The maximum atomic E-state index is 14.2. The van der Waals surface area contributed by atoms with E-state index in [9.17, 15) is 19.5 Å². The number of ether oxygens (including phenoxy) is 3. The second-order valence-corrected chi connectivity index (χ2v) is 13.3. The number of carbonyl (C=O) groups is 3. The summed E-state index contributed by atoms with van der Waals surface area (Å²) in [7, 11) is 3.86. The number of rotatable bonds is 16. The zero-order chi connectivity index (χ0) is 39.2. The molecule has 282 valence electrons. The van der Waals surface area contributed by atoms with Crippen molar-refractivity contribution in [2.45, 2.75) is 51.9 Å². The molecule has 0 amide bonds. The highest BCUT2D eigenvalue weighted by Gasteiger charge is 2.35. The molecular formula is C48H48O7. The molecule has 0 heterocycles. The standard InChI is InChI=1S/C48H48O7/c1-33(25-26-34-17-9-5-10-18-34)41(46(50)53-2)38(30-27-35-19-11-6-12-20-35)42-39(31-28-36-21-13-7-14-22-36)43(47(51)54-3)40(44(45(42)49)48(52)55-4)32-29-37-23-15-8-16-24-37/h5-24,30,49H,25-29,31-32H2,1-4H3/b38-30+,41-33-. The Labute approximate surface area is 323 Å². The summed E-state index contributed by atoms with van der Waals surface area (Å²) < 4.78 is 16.2. The number of phenols is 1. The SMILES string of the molecule is COC(=O)C(/C(=C\Cc1ccccc1)c1c(O)c(C(=O)OC)c(CCc2ccccc2)c(C(=O)OC)c1CCc1ccccc1)=C(/C)CCc1ccccc1. The molecule has 0 aliphatic heterocycles. The smallest absolute Gasteiger partial charge is 0.341 e. The van der Waals surface area contributed by atoms with Gasteiger partial charge in [0.05, 0.1) is 32.5 Å². The van der Waals surface area contributed by atoms with Crippen molar-refractivity contribution in [1.29, 1.82) is 0 Å². The van der Waals surface area contributed by atoms with Gasteiger partial charge in [0.1, 0.15) is 11.3 Å². The highest BCUT2D eigenvalue weighted by molar-refractivity contribution is 6.11. The predicted molar refractivity (Wildman–Crippen MR) is 216 cm³/mol. The molecular weight excluding hydrogens is 689 g/mol. The average Bonchev–Trinajstić information content (AvgIpc) is 3.23. The van der Waals surface area contributed by atoms with Crippen LogP contribution in [-0.2, 0) is 57.5 Å². The third-order valence-electron chi connectivity index (χ3n) is 9.84. The van der Waals surface area contributed by atoms with E-state index in [0.29, 0.717) is 48.8 Å². The molecule has 1 N–H and O–H groups in total. The Morgan fingerprint density at radius 1 is 0.527 bits per heavy atom. The van der Waals surface area contributed by atoms with E-state index in [0.717, 1.165) is 27.8 Å². The lowest BCUT2D eigenvalue weighted by atomic mass is 9.79. The van der Waals surface area contributed by atoms with E-state index in [2.05, 4.69) is 0 Å². The van der Waals surface area contributed by atoms with Crippen molar-refractivity contribution in [3.63, 3.8) is 0 Å². The molecule has 0 saturated carbocycles. The van der Waals surface area contributed by atoms with Crippen LogP contribution < -0.4 is 0 Å². The van der Waals surface area contributed by atoms with Crippen LogP contribution in [0.3, 0.4) is 0 Å². The Morgan fingerprint density at radius 2 is 0.945 bits per heavy atom. The van der Waals surface area contributed by atoms with Crippen LogP contribution in [0.5, 0.6) is 5.75 Å². The van der Waals surface area contributed by atoms with E-state index in [1.807, 2.05) is 134 Å². The molecule has 0 saturated heterocycles. The van der Waals surface area contributed by atoms with Gasteiger partial charge in [-0.25, -0.2) is 14.4 Å². The molecule has 0 aliphatic rings. The number of allylic oxidation sites excluding steroid dienone is 2. The highest BCUT2D eigenvalue weighted by Crippen LogP contribution is 2.44. The van der Waals surface area contributed by atoms with Gasteiger partial charge in [-0.15, -0.1) is 0 Å². The van der Waals surface area contributed by atoms with Crippen LogP contribution in [0.15, 0.2) is 139 Å². The minimum absolute atomic E-state index is 0.144. The van der Waals surface area contributed by atoms with Gasteiger partial charge < -0.3 is 19.3 Å². The third-order valence-corrected chi connectivity index (χ3v) is 9.84. The first-order valence-corrected chi connectivity index (χ1v) is 18.5. The molecule has 7 heteroatoms. The summed E-state index contributed by atoms with van der Waals surface area (Å²) in [5.74, 6) is -2.45. The van der Waals surface area contributed by atoms with E-state index in [-0.39, 0.29) is 40.9 Å². The highest BCUT2D eigenvalue weighted by atomic mass is 16.5. The minimum atomic E-state index is -0.812. The Morgan fingerprint density at radius 3 is 1.40 bits per heavy atom. The maximum absolute atomic E-state index is 14.2. The fourth-order valence-corrected chi connectivity index (χ4v) is 7.01. The van der Waals surface area contributed by atoms with Crippen molar-refractivity contribution in [3.05, 3.63) is 189 Å². The van der Waals surface area contributed by atoms with E-state index >= 15 is 0 Å². The molecule has 55 heavy (non-hydrogen) atoms. The van der Waals surface area contributed by atoms with E-state index in [4.69, 9.17) is 14.2 Å². The van der Waals surface area contributed by atoms with Crippen molar-refractivity contribution in [3.8, 4) is 5.75 Å². The summed E-state index contributed by atoms with van der Waals surface area (Å²) in [4.78, 5) is 42.1. The van der Waals surface area contributed by atoms with E-state index < -0.39 is 17.9 Å². The Balaban J connectivity index is 1.86. The first-order chi connectivity index (χ1) is 26.8. The van der Waals surface area contributed by atoms with Crippen molar-refractivity contribution in [1.82, 2.24) is 0 Å². The van der Waals surface area contributed by atoms with Gasteiger partial charge in [-0.1, -0.05) is 133 Å². The zero-order valence-electron chi connectivity index (χ0n) is 32.0. The second kappa shape index (κ2) is 19.7. The molecule has 5 rings (SSSR count). The lowest BCUT2D eigenvalue weighted by molar-refractivity contribution is -0.135. The summed E-state index contributed by atoms with van der Waals surface area (Å²) in [5.41, 5.74) is 6.34. The monoisotopic (exact) mass is 736 g/mol. The molecule has 5 aromatic carbocycles. The molecule has 0 unspecified atom stereocenters. The van der Waals surface area contributed by atoms with Crippen LogP contribution in [-0.4, -0.2) is 44.3 Å². The van der Waals surface area contributed by atoms with Gasteiger partial charge >= 0.3 is 17.9 Å². The lowest BCUT2D eigenvalue weighted by Crippen LogP contribution is -2.21. The van der Waals surface area contributed by atoms with Crippen molar-refractivity contribution >= 4 is 23.5 Å². The Hall–Kier alpha value is -6.21. The van der Waals surface area contributed by atoms with Crippen LogP contribution in [0.25, 0.3) is 5.57 Å². The first-order valence-electron chi connectivity index (χ1n) is 18.5. The molecule has 0 bridgehead atoms. The Bertz CT molecular complexity index is 2140. The third kappa shape index (κ3) is 10.1. The van der Waals surface area contributed by atoms with Gasteiger partial charge in [-0.2, -0.15) is 0 Å². The van der Waals surface area contributed by atoms with Crippen molar-refractivity contribution in [2.75, 3.05) is 21.3 Å². The van der Waals surface area contributed by atoms with Gasteiger partial charge in [0.2, 0.25) is 0 Å². The van der Waals surface area contributed by atoms with Crippen molar-refractivity contribution < 1.29 is 33.7 Å². The quantitative estimate of drug-likeness (QED) is 0.0467. The van der Waals surface area contributed by atoms with Crippen LogP contribution in [0.2, 0.25) is 0 Å². The first kappa shape index (κ1) is 40.0. The summed E-state index contributed by atoms with van der Waals surface area (Å²) in [5, 5.41) is 12.6. The van der Waals surface area contributed by atoms with Gasteiger partial charge in [0.25, 0.3) is 0 Å². The summed E-state index contributed by atoms with van der Waals surface area (Å²) in [6.07, 6.45) is 4.85. The number of hydrogen-bond acceptors (Lipinski definition) is 7. The van der Waals surface area contributed by atoms with Crippen LogP contribution in [0.4, 0.5) is 0 Å². The number of phenolic OH excluding ortho intramolecular Hbond substituents is 1. The maximum Gasteiger partial charge on any atom is 0.341 e. The summed E-state index contributed by atoms with van der Waals surface area (Å²) >= 11 is 0. The molecule has 0 radical (unpaired) electrons. The van der Waals surface area contributed by atoms with Gasteiger partial charge in [-0.05, 0) is 90.8 Å². The summed E-state index contributed by atoms with van der Waals surface area (Å²) in [6, 6.07) is 39.2. The van der Waals surface area contributed by atoms with Crippen LogP contribution in [0.1, 0.15) is 73.0 Å². The fourth-order valence-electron chi connectivity index (χ4n) is 7.01. The van der Waals surface area contributed by atoms with E-state index in [1.165, 1.54) is 21.3 Å². The summed E-state index contributed by atoms with van der Waals surface area (Å²) in [6.45, 7) is 1.88. The molecule has 0 fully saturated rings. The lowest BCUT2D eigenvalue weighted by Gasteiger charge is -2.25. The fraction of sp³-hybridized carbons (Fsp3) is 0.229. The number of methoxy groups -OCH3 is 3. The number of aryl methyl sites for hydroxylation is 3. The number of carbonyl (C=O) groups excluding carboxylic acids is 3. The number of aromatic hydroxyl groups is 1. The van der Waals surface area contributed by atoms with Crippen LogP contribution in [0, 0.1) is 0 Å². The van der Waals surface area contributed by atoms with E-state index in [1.54, 1.807) is 0 Å². The molecule has 0 aliphatic carbocycles. The molecule has 5 aromatic rings. The molecule has 0 atom stereocenters. The minimum Gasteiger partial charge on any atom is -0.506 e. The number of benzene rings is 5. The van der Waals surface area contributed by atoms with Gasteiger partial charge in [0.15, 0.2) is 0 Å². The normalized spacial score (nSPS) is 11.7. The number of esters is 3. The van der Waals surface area contributed by atoms with Gasteiger partial charge in [-0.3, -0.25) is 0 Å². The van der Waals surface area contributed by atoms with Gasteiger partial charge in [0, 0.05) is 5.56 Å². The largest absolute Gasteiger partial charge is 0.506 e.